The average molecular weight is 487 g/mol. The number of hydrogen-bond donors (Lipinski definition) is 5. The largest absolute Gasteiger partial charge is 0.507 e. The zero-order valence-corrected chi connectivity index (χ0v) is 18.9. The van der Waals surface area contributed by atoms with E-state index >= 15 is 0 Å². The summed E-state index contributed by atoms with van der Waals surface area (Å²) in [5.41, 5.74) is 1.33. The number of ketones is 1. The molecule has 5 N–H and O–H groups in total. The van der Waals surface area contributed by atoms with Crippen LogP contribution in [-0.4, -0.2) is 58.1 Å². The van der Waals surface area contributed by atoms with Gasteiger partial charge in [-0.2, -0.15) is 5.10 Å². The molecule has 0 spiro atoms. The number of nitrogens with zero attached hydrogens (tertiary/aromatic N) is 1. The highest BCUT2D eigenvalue weighted by atomic mass is 19.1. The molecular weight excluding hydrogens is 465 g/mol. The zero-order valence-electron chi connectivity index (χ0n) is 18.9. The van der Waals surface area contributed by atoms with E-state index in [0.29, 0.717) is 24.2 Å². The fraction of sp³-hybridized carbons (Fsp3) is 0.154. The van der Waals surface area contributed by atoms with Crippen molar-refractivity contribution in [3.8, 4) is 5.75 Å². The maximum atomic E-state index is 14.0. The first-order chi connectivity index (χ1) is 17.4. The summed E-state index contributed by atoms with van der Waals surface area (Å²) >= 11 is 0. The van der Waals surface area contributed by atoms with E-state index in [9.17, 15) is 23.9 Å². The van der Waals surface area contributed by atoms with Crippen molar-refractivity contribution < 1.29 is 23.9 Å². The molecule has 0 radical (unpaired) electrons. The van der Waals surface area contributed by atoms with Gasteiger partial charge in [-0.1, -0.05) is 18.2 Å². The van der Waals surface area contributed by atoms with Crippen molar-refractivity contribution in [1.82, 2.24) is 26.1 Å². The van der Waals surface area contributed by atoms with Gasteiger partial charge in [0.1, 0.15) is 11.6 Å². The Morgan fingerprint density at radius 2 is 1.53 bits per heavy atom. The third-order valence-electron chi connectivity index (χ3n) is 6.18. The molecule has 2 atom stereocenters. The molecular formula is C26H22FN5O4. The van der Waals surface area contributed by atoms with Crippen molar-refractivity contribution in [2.24, 2.45) is 0 Å². The van der Waals surface area contributed by atoms with Crippen LogP contribution < -0.4 is 16.0 Å². The normalized spacial score (nSPS) is 17.1. The quantitative estimate of drug-likeness (QED) is 0.265. The lowest BCUT2D eigenvalue weighted by Gasteiger charge is -2.21. The average Bonchev–Trinajstić information content (AvgIpc) is 3.52. The smallest absolute Gasteiger partial charge is 0.251 e. The van der Waals surface area contributed by atoms with Crippen molar-refractivity contribution in [3.05, 3.63) is 94.9 Å². The Kier molecular flexibility index (Phi) is 6.17. The molecule has 2 amide bonds. The Morgan fingerprint density at radius 1 is 0.889 bits per heavy atom. The molecule has 0 aliphatic carbocycles. The number of phenols is 1. The number of aromatic nitrogens is 2. The molecule has 2 heterocycles. The minimum Gasteiger partial charge on any atom is -0.507 e. The highest BCUT2D eigenvalue weighted by Gasteiger charge is 2.30. The van der Waals surface area contributed by atoms with Crippen LogP contribution in [0.25, 0.3) is 10.9 Å². The maximum absolute atomic E-state index is 14.0. The molecule has 0 saturated carbocycles. The van der Waals surface area contributed by atoms with Crippen LogP contribution in [0.4, 0.5) is 4.39 Å². The van der Waals surface area contributed by atoms with Gasteiger partial charge in [-0.05, 0) is 42.5 Å². The zero-order chi connectivity index (χ0) is 25.2. The van der Waals surface area contributed by atoms with Gasteiger partial charge in [0.05, 0.1) is 29.4 Å². The second-order valence-electron chi connectivity index (χ2n) is 8.53. The number of halogens is 1. The van der Waals surface area contributed by atoms with Crippen molar-refractivity contribution in [1.29, 1.82) is 0 Å². The number of hydrogen-bond acceptors (Lipinski definition) is 6. The van der Waals surface area contributed by atoms with Crippen LogP contribution in [-0.2, 0) is 0 Å². The molecule has 1 aliphatic heterocycles. The number of nitrogens with one attached hydrogen (secondary N) is 4. The lowest BCUT2D eigenvalue weighted by atomic mass is 10.0. The number of amides is 2. The Balaban J connectivity index is 1.24. The van der Waals surface area contributed by atoms with E-state index in [1.807, 2.05) is 0 Å². The molecule has 182 valence electrons. The first kappa shape index (κ1) is 23.2. The molecule has 1 saturated heterocycles. The van der Waals surface area contributed by atoms with Gasteiger partial charge in [-0.3, -0.25) is 19.5 Å². The number of phenolic OH excluding ortho intramolecular Hbond substituents is 1. The number of carbonyl (C=O) groups is 3. The summed E-state index contributed by atoms with van der Waals surface area (Å²) in [7, 11) is 0. The second-order valence-corrected chi connectivity index (χ2v) is 8.53. The highest BCUT2D eigenvalue weighted by Crippen LogP contribution is 2.23. The van der Waals surface area contributed by atoms with E-state index in [4.69, 9.17) is 0 Å². The molecule has 0 bridgehead atoms. The molecule has 1 aliphatic rings. The van der Waals surface area contributed by atoms with Crippen LogP contribution in [0.1, 0.15) is 36.6 Å². The molecule has 1 aromatic heterocycles. The van der Waals surface area contributed by atoms with Crippen LogP contribution in [0.3, 0.4) is 0 Å². The molecule has 9 nitrogen and oxygen atoms in total. The van der Waals surface area contributed by atoms with Gasteiger partial charge in [0.15, 0.2) is 5.78 Å². The minimum absolute atomic E-state index is 0.134. The number of aromatic amines is 1. The molecule has 1 fully saturated rings. The summed E-state index contributed by atoms with van der Waals surface area (Å²) in [4.78, 5) is 38.2. The van der Waals surface area contributed by atoms with Crippen molar-refractivity contribution in [2.75, 3.05) is 13.1 Å². The van der Waals surface area contributed by atoms with Gasteiger partial charge in [-0.25, -0.2) is 4.39 Å². The van der Waals surface area contributed by atoms with E-state index < -0.39 is 22.9 Å². The Morgan fingerprint density at radius 3 is 2.22 bits per heavy atom. The Bertz CT molecular complexity index is 1450. The van der Waals surface area contributed by atoms with Crippen molar-refractivity contribution in [2.45, 2.75) is 12.1 Å². The van der Waals surface area contributed by atoms with Gasteiger partial charge in [0.2, 0.25) is 0 Å². The number of aromatic hydroxyl groups is 1. The fourth-order valence-corrected chi connectivity index (χ4v) is 4.22. The van der Waals surface area contributed by atoms with E-state index in [1.54, 1.807) is 24.4 Å². The number of rotatable bonds is 6. The predicted molar refractivity (Wildman–Crippen MR) is 129 cm³/mol. The Hall–Kier alpha value is -4.57. The van der Waals surface area contributed by atoms with E-state index in [2.05, 4.69) is 26.1 Å². The van der Waals surface area contributed by atoms with Crippen LogP contribution in [0, 0.1) is 5.82 Å². The second kappa shape index (κ2) is 9.59. The molecule has 3 aromatic carbocycles. The summed E-state index contributed by atoms with van der Waals surface area (Å²) in [6.45, 7) is 0.963. The summed E-state index contributed by atoms with van der Waals surface area (Å²) in [6, 6.07) is 13.9. The highest BCUT2D eigenvalue weighted by molar-refractivity contribution is 6.11. The molecule has 4 aromatic rings. The van der Waals surface area contributed by atoms with Gasteiger partial charge < -0.3 is 21.1 Å². The predicted octanol–water partition coefficient (Wildman–Crippen LogP) is 2.14. The van der Waals surface area contributed by atoms with Crippen LogP contribution in [0.2, 0.25) is 0 Å². The monoisotopic (exact) mass is 487 g/mol. The van der Waals surface area contributed by atoms with Crippen LogP contribution in [0.15, 0.2) is 66.9 Å². The summed E-state index contributed by atoms with van der Waals surface area (Å²) in [6.07, 6.45) is 1.64. The first-order valence-electron chi connectivity index (χ1n) is 11.3. The van der Waals surface area contributed by atoms with Crippen LogP contribution in [0.5, 0.6) is 5.75 Å². The molecule has 36 heavy (non-hydrogen) atoms. The topological polar surface area (TPSA) is 136 Å². The van der Waals surface area contributed by atoms with Gasteiger partial charge in [0.25, 0.3) is 11.8 Å². The lowest BCUT2D eigenvalue weighted by molar-refractivity contribution is 0.0896. The minimum atomic E-state index is -0.826. The summed E-state index contributed by atoms with van der Waals surface area (Å²) in [5, 5.41) is 26.5. The van der Waals surface area contributed by atoms with Crippen molar-refractivity contribution >= 4 is 28.5 Å². The Labute approximate surface area is 204 Å². The number of H-pyrrole nitrogens is 1. The standard InChI is InChI=1S/C26H22FN5O4/c27-18-2-1-3-22(33)23(18)24(34)14-4-6-15(7-5-14)25(35)30-20-12-28-13-21(20)31-26(36)16-8-9-19-17(10-16)11-29-32-19/h1-11,20-21,28,33H,12-13H2,(H,29,32)(H,30,35)(H,31,36)/t20-,21-/m1/s1. The summed E-state index contributed by atoms with van der Waals surface area (Å²) in [5.74, 6) is -2.60. The summed E-state index contributed by atoms with van der Waals surface area (Å²) < 4.78 is 14.0. The van der Waals surface area contributed by atoms with Gasteiger partial charge >= 0.3 is 0 Å². The van der Waals surface area contributed by atoms with E-state index in [0.717, 1.165) is 17.0 Å². The molecule has 10 heteroatoms. The van der Waals surface area contributed by atoms with Crippen molar-refractivity contribution in [3.63, 3.8) is 0 Å². The first-order valence-corrected chi connectivity index (χ1v) is 11.3. The third kappa shape index (κ3) is 4.53. The molecule has 5 rings (SSSR count). The number of fused-ring (bicyclic) bond motifs is 1. The van der Waals surface area contributed by atoms with Gasteiger partial charge in [-0.15, -0.1) is 0 Å². The SMILES string of the molecule is O=C(N[C@@H]1CNC[C@H]1NC(=O)c1ccc2[nH]ncc2c1)c1ccc(C(=O)c2c(O)cccc2F)cc1. The van der Waals surface area contributed by atoms with Crippen LogP contribution >= 0.6 is 0 Å². The third-order valence-corrected chi connectivity index (χ3v) is 6.18. The number of benzene rings is 3. The fourth-order valence-electron chi connectivity index (χ4n) is 4.22. The van der Waals surface area contributed by atoms with E-state index in [1.165, 1.54) is 36.4 Å². The number of carbonyl (C=O) groups excluding carboxylic acids is 3. The van der Waals surface area contributed by atoms with E-state index in [-0.39, 0.29) is 29.5 Å². The maximum Gasteiger partial charge on any atom is 0.251 e. The lowest BCUT2D eigenvalue weighted by Crippen LogP contribution is -2.51. The molecule has 0 unspecified atom stereocenters. The van der Waals surface area contributed by atoms with Gasteiger partial charge in [0, 0.05) is 35.2 Å².